The van der Waals surface area contributed by atoms with Crippen LogP contribution in [0.4, 0.5) is 0 Å². The molecule has 5 heteroatoms. The quantitative estimate of drug-likeness (QED) is 0.622. The zero-order chi connectivity index (χ0) is 9.90. The van der Waals surface area contributed by atoms with E-state index in [4.69, 9.17) is 4.74 Å². The van der Waals surface area contributed by atoms with Gasteiger partial charge < -0.3 is 4.74 Å². The minimum Gasteiger partial charge on any atom is -0.459 e. The highest BCUT2D eigenvalue weighted by Gasteiger charge is 2.17. The Balaban J connectivity index is 2.44. The van der Waals surface area contributed by atoms with Gasteiger partial charge in [0.05, 0.1) is 4.32 Å². The van der Waals surface area contributed by atoms with Crippen LogP contribution in [0.3, 0.4) is 0 Å². The fraction of sp³-hybridized carbons (Fsp3) is 0.500. The third kappa shape index (κ3) is 3.87. The lowest BCUT2D eigenvalue weighted by atomic mass is 10.2. The van der Waals surface area contributed by atoms with E-state index in [2.05, 4.69) is 20.9 Å². The van der Waals surface area contributed by atoms with Crippen LogP contribution >= 0.6 is 27.3 Å². The van der Waals surface area contributed by atoms with Crippen molar-refractivity contribution < 1.29 is 9.53 Å². The Morgan fingerprint density at radius 2 is 2.46 bits per heavy atom. The lowest BCUT2D eigenvalue weighted by Crippen LogP contribution is -2.21. The minimum atomic E-state index is -0.359. The Kier molecular flexibility index (Phi) is 3.44. The molecule has 0 aliphatic rings. The number of hydrogen-bond donors (Lipinski definition) is 0. The normalized spacial score (nSPS) is 11.3. The summed E-state index contributed by atoms with van der Waals surface area (Å²) in [7, 11) is 0. The molecule has 1 rings (SSSR count). The number of carbonyl (C=O) groups is 1. The molecule has 1 aromatic heterocycles. The van der Waals surface area contributed by atoms with Crippen molar-refractivity contribution in [1.82, 2.24) is 4.98 Å². The van der Waals surface area contributed by atoms with Gasteiger partial charge in [-0.25, -0.2) is 9.78 Å². The van der Waals surface area contributed by atoms with Crippen molar-refractivity contribution in [3.8, 4) is 0 Å². The van der Waals surface area contributed by atoms with Crippen LogP contribution in [0.15, 0.2) is 11.6 Å². The summed E-state index contributed by atoms with van der Waals surface area (Å²) in [6.07, 6.45) is 1.58. The van der Waals surface area contributed by atoms with Crippen LogP contribution in [0.2, 0.25) is 0 Å². The average molecular weight is 264 g/mol. The van der Waals surface area contributed by atoms with E-state index < -0.39 is 0 Å². The van der Waals surface area contributed by atoms with Gasteiger partial charge in [0.25, 0.3) is 0 Å². The Labute approximate surface area is 89.3 Å². The number of halogens is 1. The minimum absolute atomic E-state index is 0.181. The number of thiazole rings is 1. The van der Waals surface area contributed by atoms with Gasteiger partial charge in [-0.05, 0) is 13.8 Å². The summed E-state index contributed by atoms with van der Waals surface area (Å²) in [5, 5.41) is 2.15. The number of alkyl halides is 1. The van der Waals surface area contributed by atoms with Crippen molar-refractivity contribution in [3.63, 3.8) is 0 Å². The molecule has 0 bridgehead atoms. The molecular formula is C8H10BrNO2S. The monoisotopic (exact) mass is 263 g/mol. The molecule has 0 saturated heterocycles. The third-order valence-corrected chi connectivity index (χ3v) is 2.14. The number of esters is 1. The standard InChI is InChI=1S/C8H10BrNO2S/c1-8(2,9)5-12-7(11)6-10-3-4-13-6/h3-4H,5H2,1-2H3. The number of ether oxygens (including phenoxy) is 1. The van der Waals surface area contributed by atoms with E-state index in [1.807, 2.05) is 13.8 Å². The van der Waals surface area contributed by atoms with Crippen molar-refractivity contribution in [2.24, 2.45) is 0 Å². The molecule has 0 aromatic carbocycles. The van der Waals surface area contributed by atoms with Gasteiger partial charge in [0.1, 0.15) is 6.61 Å². The van der Waals surface area contributed by atoms with Gasteiger partial charge in [-0.3, -0.25) is 0 Å². The summed E-state index contributed by atoms with van der Waals surface area (Å²) < 4.78 is 4.83. The van der Waals surface area contributed by atoms with Crippen LogP contribution in [-0.2, 0) is 4.74 Å². The zero-order valence-corrected chi connectivity index (χ0v) is 9.81. The number of nitrogens with zero attached hydrogens (tertiary/aromatic N) is 1. The van der Waals surface area contributed by atoms with E-state index in [-0.39, 0.29) is 10.3 Å². The van der Waals surface area contributed by atoms with Crippen molar-refractivity contribution in [2.75, 3.05) is 6.61 Å². The molecule has 0 radical (unpaired) electrons. The van der Waals surface area contributed by atoms with Crippen LogP contribution < -0.4 is 0 Å². The van der Waals surface area contributed by atoms with Crippen LogP contribution in [0.5, 0.6) is 0 Å². The number of hydrogen-bond acceptors (Lipinski definition) is 4. The second-order valence-electron chi connectivity index (χ2n) is 3.13. The number of aromatic nitrogens is 1. The van der Waals surface area contributed by atoms with Gasteiger partial charge in [-0.1, -0.05) is 15.9 Å². The average Bonchev–Trinajstić information content (AvgIpc) is 2.50. The molecule has 0 N–H and O–H groups in total. The highest BCUT2D eigenvalue weighted by Crippen LogP contribution is 2.16. The number of rotatable bonds is 3. The Morgan fingerprint density at radius 1 is 1.77 bits per heavy atom. The Hall–Kier alpha value is -0.420. The Morgan fingerprint density at radius 3 is 2.92 bits per heavy atom. The first kappa shape index (κ1) is 10.7. The highest BCUT2D eigenvalue weighted by molar-refractivity contribution is 9.10. The smallest absolute Gasteiger partial charge is 0.367 e. The SMILES string of the molecule is CC(C)(Br)COC(=O)c1nccs1. The van der Waals surface area contributed by atoms with Crippen LogP contribution in [-0.4, -0.2) is 21.9 Å². The first-order valence-corrected chi connectivity index (χ1v) is 5.42. The van der Waals surface area contributed by atoms with Gasteiger partial charge in [0.15, 0.2) is 0 Å². The zero-order valence-electron chi connectivity index (χ0n) is 7.41. The largest absolute Gasteiger partial charge is 0.459 e. The maximum atomic E-state index is 11.3. The molecule has 3 nitrogen and oxygen atoms in total. The van der Waals surface area contributed by atoms with Crippen molar-refractivity contribution in [1.29, 1.82) is 0 Å². The molecular weight excluding hydrogens is 254 g/mol. The second kappa shape index (κ2) is 4.19. The third-order valence-electron chi connectivity index (χ3n) is 1.15. The summed E-state index contributed by atoms with van der Waals surface area (Å²) in [4.78, 5) is 15.1. The molecule has 1 aromatic rings. The van der Waals surface area contributed by atoms with Crippen molar-refractivity contribution >= 4 is 33.2 Å². The Bertz CT molecular complexity index is 279. The first-order chi connectivity index (χ1) is 5.99. The highest BCUT2D eigenvalue weighted by atomic mass is 79.9. The van der Waals surface area contributed by atoms with Crippen LogP contribution in [0, 0.1) is 0 Å². The predicted octanol–water partition coefficient (Wildman–Crippen LogP) is 2.47. The molecule has 0 aliphatic carbocycles. The van der Waals surface area contributed by atoms with E-state index in [0.29, 0.717) is 11.6 Å². The topological polar surface area (TPSA) is 39.2 Å². The van der Waals surface area contributed by atoms with Gasteiger partial charge in [-0.15, -0.1) is 11.3 Å². The van der Waals surface area contributed by atoms with Crippen LogP contribution in [0.25, 0.3) is 0 Å². The van der Waals surface area contributed by atoms with Crippen molar-refractivity contribution in [3.05, 3.63) is 16.6 Å². The van der Waals surface area contributed by atoms with E-state index >= 15 is 0 Å². The summed E-state index contributed by atoms with van der Waals surface area (Å²) in [6, 6.07) is 0. The molecule has 0 aliphatic heterocycles. The van der Waals surface area contributed by atoms with E-state index in [1.54, 1.807) is 11.6 Å². The molecule has 1 heterocycles. The molecule has 0 fully saturated rings. The van der Waals surface area contributed by atoms with E-state index in [9.17, 15) is 4.79 Å². The molecule has 0 atom stereocenters. The lowest BCUT2D eigenvalue weighted by Gasteiger charge is -2.14. The predicted molar refractivity (Wildman–Crippen MR) is 55.4 cm³/mol. The molecule has 0 unspecified atom stereocenters. The molecule has 0 amide bonds. The molecule has 72 valence electrons. The molecule has 0 saturated carbocycles. The van der Waals surface area contributed by atoms with E-state index in [0.717, 1.165) is 0 Å². The van der Waals surface area contributed by atoms with Gasteiger partial charge in [0, 0.05) is 11.6 Å². The maximum absolute atomic E-state index is 11.3. The summed E-state index contributed by atoms with van der Waals surface area (Å²) in [5.41, 5.74) is 0. The van der Waals surface area contributed by atoms with Crippen molar-refractivity contribution in [2.45, 2.75) is 18.2 Å². The summed E-state index contributed by atoms with van der Waals surface area (Å²) >= 11 is 4.66. The fourth-order valence-corrected chi connectivity index (χ4v) is 1.27. The number of carbonyl (C=O) groups excluding carboxylic acids is 1. The summed E-state index contributed by atoms with van der Waals surface area (Å²) in [6.45, 7) is 4.20. The first-order valence-electron chi connectivity index (χ1n) is 3.74. The van der Waals surface area contributed by atoms with Gasteiger partial charge >= 0.3 is 5.97 Å². The molecule has 0 spiro atoms. The second-order valence-corrected chi connectivity index (χ2v) is 6.17. The lowest BCUT2D eigenvalue weighted by molar-refractivity contribution is 0.0480. The fourth-order valence-electron chi connectivity index (χ4n) is 0.623. The van der Waals surface area contributed by atoms with Crippen LogP contribution in [0.1, 0.15) is 23.6 Å². The summed E-state index contributed by atoms with van der Waals surface area (Å²) in [5.74, 6) is -0.359. The maximum Gasteiger partial charge on any atom is 0.367 e. The van der Waals surface area contributed by atoms with Gasteiger partial charge in [0.2, 0.25) is 5.01 Å². The molecule has 13 heavy (non-hydrogen) atoms. The van der Waals surface area contributed by atoms with E-state index in [1.165, 1.54) is 11.3 Å². The van der Waals surface area contributed by atoms with Gasteiger partial charge in [-0.2, -0.15) is 0 Å².